The molecule has 0 saturated carbocycles. The zero-order valence-electron chi connectivity index (χ0n) is 68.4. The normalized spacial score (nSPS) is 19.4. The standard InChI is InChI=1S/C23H32N4O5.C21H25F2N5O3.C21H27N5O3.C20H26ClN5O2/c1-31-20-12-16-6-10-27(19(7-11-28)18(16)13-21(20)32-2)22(29)5-8-25-15-23(30)26-9-3-4-17(26)14-24;22-16-10-15(11-17(23)12-16)21(31)27-8-6-26(7-9-27)19(29)3-4-25-14-20(30)28-5-1-2-18(28)13-24;22-15-18-7-4-10-26(18)20(28)16-23-9-8-19(27)24-11-13-25(14-12-24)21(29)17-5-2-1-3-6-17;21-16-3-1-4-17(13-16)24-9-11-25(12-10-24)19(27)6-7-23-15-20(28)26-8-2-5-18(26)14-22/h12-13,17,19,25,28H,3-11,15H2,1-2H3;10-12,18,25H,1-9,14H2;1-3,5-6,18,23H,4,7-14,16H2;1,3-4,13,18,23H,2,5-12,15H2/t17-,19?;3*18-/m0000/s1. The number of piperazine rings is 3. The number of nitrogens with one attached hydrogen (secondary N) is 4. The Morgan fingerprint density at radius 3 is 1.18 bits per heavy atom. The molecule has 10 amide bonds. The van der Waals surface area contributed by atoms with Crippen LogP contribution in [0.5, 0.6) is 11.5 Å². The van der Waals surface area contributed by atoms with Crippen LogP contribution in [0.4, 0.5) is 14.5 Å². The SMILES string of the molecule is COc1cc2c(cc1OC)C(CCO)N(C(=O)CCNCC(=O)N1CCC[C@H]1C#N)CC2.N#C[C@@H]1CCCN1C(=O)CNCCC(=O)N1CCN(C(=O)c2cc(F)cc(F)c2)CC1.N#C[C@@H]1CCCN1C(=O)CNCCC(=O)N1CCN(C(=O)c2ccccc2)CC1.N#C[C@@H]1CCCN1C(=O)CNCCC(=O)N1CCN(c2cccc(Cl)c2)CC1. The van der Waals surface area contributed by atoms with Gasteiger partial charge in [0.05, 0.1) is 70.7 Å². The molecule has 644 valence electrons. The second-order valence-electron chi connectivity index (χ2n) is 30.2. The molecule has 8 aliphatic rings. The van der Waals surface area contributed by atoms with Crippen LogP contribution in [-0.4, -0.2) is 322 Å². The third-order valence-electron chi connectivity index (χ3n) is 22.6. The minimum Gasteiger partial charge on any atom is -0.493 e. The van der Waals surface area contributed by atoms with E-state index in [-0.39, 0.29) is 148 Å². The zero-order valence-corrected chi connectivity index (χ0v) is 69.2. The monoisotopic (exact) mass is 1680 g/mol. The summed E-state index contributed by atoms with van der Waals surface area (Å²) in [6.07, 6.45) is 8.58. The molecule has 5 N–H and O–H groups in total. The first kappa shape index (κ1) is 92.8. The lowest BCUT2D eigenvalue weighted by Gasteiger charge is -2.38. The van der Waals surface area contributed by atoms with Gasteiger partial charge in [-0.2, -0.15) is 21.0 Å². The molecular weight excluding hydrogens is 1570 g/mol. The lowest BCUT2D eigenvalue weighted by Crippen LogP contribution is -2.51. The van der Waals surface area contributed by atoms with E-state index in [1.807, 2.05) is 59.5 Å². The summed E-state index contributed by atoms with van der Waals surface area (Å²) >= 11 is 6.05. The van der Waals surface area contributed by atoms with Crippen LogP contribution in [0.2, 0.25) is 5.02 Å². The molecule has 4 aromatic carbocycles. The molecule has 1 unspecified atom stereocenters. The number of aliphatic hydroxyl groups is 1. The molecule has 5 atom stereocenters. The summed E-state index contributed by atoms with van der Waals surface area (Å²) in [5, 5.41) is 58.7. The van der Waals surface area contributed by atoms with Crippen LogP contribution in [0.1, 0.15) is 121 Å². The molecule has 0 spiro atoms. The lowest BCUT2D eigenvalue weighted by molar-refractivity contribution is -0.135. The van der Waals surface area contributed by atoms with Gasteiger partial charge in [0.15, 0.2) is 11.5 Å². The highest BCUT2D eigenvalue weighted by molar-refractivity contribution is 6.30. The van der Waals surface area contributed by atoms with E-state index in [2.05, 4.69) is 50.4 Å². The number of aliphatic hydroxyl groups excluding tert-OH is 1. The summed E-state index contributed by atoms with van der Waals surface area (Å²) in [6, 6.07) is 30.5. The quantitative estimate of drug-likeness (QED) is 0.0531. The Kier molecular flexibility index (Phi) is 36.8. The van der Waals surface area contributed by atoms with Crippen molar-refractivity contribution in [1.82, 2.24) is 70.3 Å². The number of carbonyl (C=O) groups excluding carboxylic acids is 10. The first-order valence-corrected chi connectivity index (χ1v) is 41.7. The van der Waals surface area contributed by atoms with E-state index in [1.54, 1.807) is 65.6 Å². The number of halogens is 3. The Labute approximate surface area is 704 Å². The first-order chi connectivity index (χ1) is 58.1. The van der Waals surface area contributed by atoms with E-state index in [0.717, 1.165) is 87.0 Å². The maximum Gasteiger partial charge on any atom is 0.254 e. The van der Waals surface area contributed by atoms with E-state index < -0.39 is 17.5 Å². The summed E-state index contributed by atoms with van der Waals surface area (Å²) in [5.41, 5.74) is 3.75. The summed E-state index contributed by atoms with van der Waals surface area (Å²) in [4.78, 5) is 143. The van der Waals surface area contributed by atoms with Gasteiger partial charge >= 0.3 is 0 Å². The fourth-order valence-corrected chi connectivity index (χ4v) is 16.2. The minimum absolute atomic E-state index is 0.00420. The van der Waals surface area contributed by atoms with Gasteiger partial charge in [0, 0.05) is 198 Å². The number of hydrogen-bond acceptors (Lipinski definition) is 22. The number of methoxy groups -OCH3 is 2. The Hall–Kier alpha value is -11.1. The van der Waals surface area contributed by atoms with Crippen LogP contribution in [0.3, 0.4) is 0 Å². The Morgan fingerprint density at radius 1 is 0.425 bits per heavy atom. The molecule has 8 aliphatic heterocycles. The number of likely N-dealkylation sites (tertiary alicyclic amines) is 4. The van der Waals surface area contributed by atoms with Gasteiger partial charge in [0.25, 0.3) is 11.8 Å². The van der Waals surface area contributed by atoms with Gasteiger partial charge in [-0.05, 0) is 130 Å². The molecule has 120 heavy (non-hydrogen) atoms. The van der Waals surface area contributed by atoms with Gasteiger partial charge in [-0.15, -0.1) is 0 Å². The van der Waals surface area contributed by atoms with Crippen molar-refractivity contribution in [3.8, 4) is 35.8 Å². The highest BCUT2D eigenvalue weighted by atomic mass is 35.5. The number of nitriles is 4. The minimum atomic E-state index is -0.809. The fraction of sp³-hybridized carbons (Fsp3) is 0.553. The number of fused-ring (bicyclic) bond motifs is 1. The highest BCUT2D eigenvalue weighted by Crippen LogP contribution is 2.40. The van der Waals surface area contributed by atoms with Crippen molar-refractivity contribution in [2.45, 2.75) is 120 Å². The Bertz CT molecular complexity index is 4330. The van der Waals surface area contributed by atoms with Gasteiger partial charge in [0.1, 0.15) is 35.8 Å². The van der Waals surface area contributed by atoms with Crippen molar-refractivity contribution in [3.63, 3.8) is 0 Å². The van der Waals surface area contributed by atoms with Gasteiger partial charge < -0.3 is 89.7 Å². The number of rotatable bonds is 27. The molecule has 0 aromatic heterocycles. The van der Waals surface area contributed by atoms with Gasteiger partial charge in [-0.3, -0.25) is 47.9 Å². The number of anilines is 1. The molecule has 7 fully saturated rings. The molecule has 0 radical (unpaired) electrons. The van der Waals surface area contributed by atoms with Crippen molar-refractivity contribution in [1.29, 1.82) is 21.0 Å². The van der Waals surface area contributed by atoms with Gasteiger partial charge in [-0.1, -0.05) is 35.9 Å². The van der Waals surface area contributed by atoms with E-state index in [4.69, 9.17) is 42.1 Å². The molecule has 4 aromatic rings. The topological polar surface area (TPSA) is 388 Å². The molecule has 7 saturated heterocycles. The van der Waals surface area contributed by atoms with Crippen molar-refractivity contribution in [2.24, 2.45) is 0 Å². The average molecular weight is 1680 g/mol. The predicted octanol–water partition coefficient (Wildman–Crippen LogP) is 3.70. The summed E-state index contributed by atoms with van der Waals surface area (Å²) in [5.74, 6) is -1.24. The molecular formula is C85H110ClF2N19O13. The largest absolute Gasteiger partial charge is 0.493 e. The smallest absolute Gasteiger partial charge is 0.254 e. The Balaban J connectivity index is 0.000000182. The lowest BCUT2D eigenvalue weighted by atomic mass is 9.90. The van der Waals surface area contributed by atoms with Crippen molar-refractivity contribution < 1.29 is 71.3 Å². The molecule has 8 heterocycles. The van der Waals surface area contributed by atoms with Crippen LogP contribution in [-0.2, 0) is 44.8 Å². The molecule has 0 bridgehead atoms. The maximum atomic E-state index is 13.3. The zero-order chi connectivity index (χ0) is 86.0. The second-order valence-corrected chi connectivity index (χ2v) is 30.6. The van der Waals surface area contributed by atoms with Crippen LogP contribution in [0, 0.1) is 57.0 Å². The van der Waals surface area contributed by atoms with Crippen molar-refractivity contribution in [3.05, 3.63) is 124 Å². The maximum absolute atomic E-state index is 13.3. The Morgan fingerprint density at radius 2 is 0.800 bits per heavy atom. The third-order valence-corrected chi connectivity index (χ3v) is 22.8. The van der Waals surface area contributed by atoms with Gasteiger partial charge in [-0.25, -0.2) is 8.78 Å². The number of amides is 10. The number of benzene rings is 4. The van der Waals surface area contributed by atoms with Crippen LogP contribution < -0.4 is 35.6 Å². The number of carbonyl (C=O) groups is 10. The number of ether oxygens (including phenoxy) is 2. The van der Waals surface area contributed by atoms with Crippen molar-refractivity contribution >= 4 is 76.4 Å². The van der Waals surface area contributed by atoms with E-state index >= 15 is 0 Å². The van der Waals surface area contributed by atoms with E-state index in [9.17, 15) is 61.8 Å². The number of hydrogen-bond donors (Lipinski definition) is 5. The van der Waals surface area contributed by atoms with Gasteiger partial charge in [0.2, 0.25) is 47.3 Å². The second kappa shape index (κ2) is 47.6. The molecule has 35 heteroatoms. The summed E-state index contributed by atoms with van der Waals surface area (Å²) < 4.78 is 37.5. The third kappa shape index (κ3) is 26.4. The van der Waals surface area contributed by atoms with Crippen molar-refractivity contribution in [2.75, 3.05) is 189 Å². The fourth-order valence-electron chi connectivity index (χ4n) is 16.0. The average Bonchev–Trinajstić information content (AvgIpc) is 1.11. The highest BCUT2D eigenvalue weighted by Gasteiger charge is 2.36. The van der Waals surface area contributed by atoms with E-state index in [0.29, 0.717) is 172 Å². The van der Waals surface area contributed by atoms with E-state index in [1.165, 1.54) is 4.90 Å². The van der Waals surface area contributed by atoms with Crippen LogP contribution in [0.25, 0.3) is 0 Å². The first-order valence-electron chi connectivity index (χ1n) is 41.3. The number of nitrogens with zero attached hydrogens (tertiary/aromatic N) is 15. The molecule has 32 nitrogen and oxygen atoms in total. The predicted molar refractivity (Wildman–Crippen MR) is 439 cm³/mol. The summed E-state index contributed by atoms with van der Waals surface area (Å²) in [7, 11) is 3.17. The van der Waals surface area contributed by atoms with Crippen LogP contribution in [0.15, 0.2) is 84.9 Å². The molecule has 0 aliphatic carbocycles. The molecule has 12 rings (SSSR count). The summed E-state index contributed by atoms with van der Waals surface area (Å²) in [6.45, 7) is 11.3. The van der Waals surface area contributed by atoms with Crippen LogP contribution >= 0.6 is 11.6 Å².